The number of nitrogens with two attached hydrogens (primary N) is 1. The lowest BCUT2D eigenvalue weighted by Crippen LogP contribution is -2.47. The number of anilines is 1. The molecule has 1 fully saturated rings. The molecule has 2 rings (SSSR count). The van der Waals surface area contributed by atoms with Crippen LogP contribution >= 0.6 is 11.6 Å². The summed E-state index contributed by atoms with van der Waals surface area (Å²) in [6, 6.07) is 5.95. The van der Waals surface area contributed by atoms with E-state index in [1.54, 1.807) is 0 Å². The van der Waals surface area contributed by atoms with Crippen molar-refractivity contribution in [2.75, 3.05) is 23.0 Å². The molecule has 2 atom stereocenters. The van der Waals surface area contributed by atoms with Crippen LogP contribution in [0, 0.1) is 0 Å². The predicted octanol–water partition coefficient (Wildman–Crippen LogP) is 1.85. The minimum Gasteiger partial charge on any atom is -0.366 e. The van der Waals surface area contributed by atoms with Crippen LogP contribution < -0.4 is 10.6 Å². The van der Waals surface area contributed by atoms with E-state index in [9.17, 15) is 8.42 Å². The van der Waals surface area contributed by atoms with Crippen LogP contribution in [0.25, 0.3) is 0 Å². The first-order valence-electron chi connectivity index (χ1n) is 6.79. The van der Waals surface area contributed by atoms with Crippen LogP contribution in [-0.4, -0.2) is 38.6 Å². The lowest BCUT2D eigenvalue weighted by molar-refractivity contribution is 0.568. The molecule has 0 amide bonds. The van der Waals surface area contributed by atoms with E-state index in [4.69, 9.17) is 17.3 Å². The van der Waals surface area contributed by atoms with Gasteiger partial charge in [0.15, 0.2) is 9.84 Å². The highest BCUT2D eigenvalue weighted by Gasteiger charge is 2.29. The number of sulfone groups is 1. The smallest absolute Gasteiger partial charge is 0.154 e. The number of nitrogens with zero attached hydrogens (tertiary/aromatic N) is 1. The van der Waals surface area contributed by atoms with Crippen molar-refractivity contribution in [1.82, 2.24) is 0 Å². The SMILES string of the molecule is CC(N)Cc1ccc(N2CCS(=O)(=O)CC2C)c(Cl)c1. The molecule has 2 N–H and O–H groups in total. The van der Waals surface area contributed by atoms with Gasteiger partial charge in [0.05, 0.1) is 22.2 Å². The second-order valence-electron chi connectivity index (χ2n) is 5.62. The van der Waals surface area contributed by atoms with E-state index >= 15 is 0 Å². The molecule has 1 aromatic rings. The summed E-state index contributed by atoms with van der Waals surface area (Å²) in [4.78, 5) is 2.07. The van der Waals surface area contributed by atoms with Crippen LogP contribution in [0.15, 0.2) is 18.2 Å². The number of hydrogen-bond acceptors (Lipinski definition) is 4. The Morgan fingerprint density at radius 3 is 2.75 bits per heavy atom. The maximum absolute atomic E-state index is 11.6. The third-order valence-corrected chi connectivity index (χ3v) is 5.65. The van der Waals surface area contributed by atoms with Gasteiger partial charge in [-0.3, -0.25) is 0 Å². The van der Waals surface area contributed by atoms with Crippen LogP contribution in [0.1, 0.15) is 19.4 Å². The normalized spacial score (nSPS) is 23.6. The molecule has 0 aromatic heterocycles. The minimum atomic E-state index is -2.91. The molecule has 0 spiro atoms. The fraction of sp³-hybridized carbons (Fsp3) is 0.571. The molecule has 4 nitrogen and oxygen atoms in total. The zero-order chi connectivity index (χ0) is 14.9. The third-order valence-electron chi connectivity index (χ3n) is 3.55. The van der Waals surface area contributed by atoms with Gasteiger partial charge in [0, 0.05) is 18.6 Å². The van der Waals surface area contributed by atoms with E-state index in [2.05, 4.69) is 4.90 Å². The molecule has 1 aromatic carbocycles. The Hall–Kier alpha value is -0.780. The van der Waals surface area contributed by atoms with Gasteiger partial charge in [0.25, 0.3) is 0 Å². The van der Waals surface area contributed by atoms with Gasteiger partial charge in [0.2, 0.25) is 0 Å². The molecule has 1 saturated heterocycles. The number of hydrogen-bond donors (Lipinski definition) is 1. The van der Waals surface area contributed by atoms with Crippen molar-refractivity contribution in [3.05, 3.63) is 28.8 Å². The second kappa shape index (κ2) is 5.92. The third kappa shape index (κ3) is 3.65. The fourth-order valence-corrected chi connectivity index (χ4v) is 4.51. The quantitative estimate of drug-likeness (QED) is 0.924. The van der Waals surface area contributed by atoms with Crippen LogP contribution in [0.3, 0.4) is 0 Å². The zero-order valence-corrected chi connectivity index (χ0v) is 13.4. The van der Waals surface area contributed by atoms with Gasteiger partial charge < -0.3 is 10.6 Å². The van der Waals surface area contributed by atoms with E-state index in [1.165, 1.54) is 0 Å². The topological polar surface area (TPSA) is 63.4 Å². The lowest BCUT2D eigenvalue weighted by atomic mass is 10.1. The van der Waals surface area contributed by atoms with Crippen molar-refractivity contribution in [1.29, 1.82) is 0 Å². The van der Waals surface area contributed by atoms with Crippen LogP contribution in [0.2, 0.25) is 5.02 Å². The van der Waals surface area contributed by atoms with Crippen molar-refractivity contribution >= 4 is 27.1 Å². The standard InChI is InChI=1S/C14H21ClN2O2S/c1-10(16)7-12-3-4-14(13(15)8-12)17-5-6-20(18,19)9-11(17)2/h3-4,8,10-11H,5-7,9,16H2,1-2H3. The first-order valence-corrected chi connectivity index (χ1v) is 8.99. The summed E-state index contributed by atoms with van der Waals surface area (Å²) in [5, 5.41) is 0.661. The Balaban J connectivity index is 2.21. The van der Waals surface area contributed by atoms with E-state index < -0.39 is 9.84 Å². The van der Waals surface area contributed by atoms with Gasteiger partial charge >= 0.3 is 0 Å². The fourth-order valence-electron chi connectivity index (χ4n) is 2.64. The van der Waals surface area contributed by atoms with Gasteiger partial charge in [0.1, 0.15) is 0 Å². The monoisotopic (exact) mass is 316 g/mol. The molecule has 1 heterocycles. The molecule has 112 valence electrons. The van der Waals surface area contributed by atoms with Gasteiger partial charge in [-0.2, -0.15) is 0 Å². The molecule has 6 heteroatoms. The van der Waals surface area contributed by atoms with Crippen molar-refractivity contribution in [2.24, 2.45) is 5.73 Å². The van der Waals surface area contributed by atoms with E-state index in [0.29, 0.717) is 11.6 Å². The predicted molar refractivity (Wildman–Crippen MR) is 84.3 cm³/mol. The van der Waals surface area contributed by atoms with Crippen molar-refractivity contribution in [3.8, 4) is 0 Å². The molecule has 1 aliphatic rings. The number of benzene rings is 1. The van der Waals surface area contributed by atoms with Gasteiger partial charge in [-0.15, -0.1) is 0 Å². The van der Waals surface area contributed by atoms with Gasteiger partial charge in [-0.05, 0) is 38.0 Å². The summed E-state index contributed by atoms with van der Waals surface area (Å²) in [6.07, 6.45) is 0.782. The molecular weight excluding hydrogens is 296 g/mol. The lowest BCUT2D eigenvalue weighted by Gasteiger charge is -2.35. The highest BCUT2D eigenvalue weighted by Crippen LogP contribution is 2.30. The highest BCUT2D eigenvalue weighted by molar-refractivity contribution is 7.91. The van der Waals surface area contributed by atoms with E-state index in [-0.39, 0.29) is 23.6 Å². The first-order chi connectivity index (χ1) is 9.28. The van der Waals surface area contributed by atoms with Crippen molar-refractivity contribution < 1.29 is 8.42 Å². The molecule has 0 radical (unpaired) electrons. The molecule has 0 aliphatic carbocycles. The molecular formula is C14H21ClN2O2S. The Bertz CT molecular complexity index is 587. The molecule has 1 aliphatic heterocycles. The Morgan fingerprint density at radius 2 is 2.20 bits per heavy atom. The summed E-state index contributed by atoms with van der Waals surface area (Å²) in [5.74, 6) is 0.375. The summed E-state index contributed by atoms with van der Waals surface area (Å²) in [5.41, 5.74) is 7.79. The minimum absolute atomic E-state index is 0.0504. The Morgan fingerprint density at radius 1 is 1.50 bits per heavy atom. The van der Waals surface area contributed by atoms with Crippen molar-refractivity contribution in [2.45, 2.75) is 32.4 Å². The first kappa shape index (κ1) is 15.6. The molecule has 0 saturated carbocycles. The van der Waals surface area contributed by atoms with Gasteiger partial charge in [-0.1, -0.05) is 17.7 Å². The van der Waals surface area contributed by atoms with Gasteiger partial charge in [-0.25, -0.2) is 8.42 Å². The van der Waals surface area contributed by atoms with E-state index in [1.807, 2.05) is 32.0 Å². The van der Waals surface area contributed by atoms with Crippen molar-refractivity contribution in [3.63, 3.8) is 0 Å². The zero-order valence-electron chi connectivity index (χ0n) is 11.8. The van der Waals surface area contributed by atoms with Crippen LogP contribution in [0.4, 0.5) is 5.69 Å². The summed E-state index contributed by atoms with van der Waals surface area (Å²) in [6.45, 7) is 4.37. The average Bonchev–Trinajstić information content (AvgIpc) is 2.29. The van der Waals surface area contributed by atoms with Crippen LogP contribution in [-0.2, 0) is 16.3 Å². The maximum Gasteiger partial charge on any atom is 0.154 e. The molecule has 2 unspecified atom stereocenters. The summed E-state index contributed by atoms with van der Waals surface area (Å²) in [7, 11) is -2.91. The Labute approximate surface area is 125 Å². The average molecular weight is 317 g/mol. The maximum atomic E-state index is 11.6. The summed E-state index contributed by atoms with van der Waals surface area (Å²) >= 11 is 6.35. The van der Waals surface area contributed by atoms with Crippen LogP contribution in [0.5, 0.6) is 0 Å². The Kier molecular flexibility index (Phi) is 4.62. The largest absolute Gasteiger partial charge is 0.366 e. The second-order valence-corrected chi connectivity index (χ2v) is 8.26. The highest BCUT2D eigenvalue weighted by atomic mass is 35.5. The molecule has 20 heavy (non-hydrogen) atoms. The number of halogens is 1. The van der Waals surface area contributed by atoms with E-state index in [0.717, 1.165) is 17.7 Å². The molecule has 0 bridgehead atoms. The number of rotatable bonds is 3. The summed E-state index contributed by atoms with van der Waals surface area (Å²) < 4.78 is 23.2.